The Bertz CT molecular complexity index is 945. The summed E-state index contributed by atoms with van der Waals surface area (Å²) in [6, 6.07) is 18.7. The molecule has 0 aliphatic carbocycles. The molecule has 1 aliphatic heterocycles. The lowest BCUT2D eigenvalue weighted by Gasteiger charge is -2.23. The third-order valence-corrected chi connectivity index (χ3v) is 6.19. The number of nitrogens with one attached hydrogen (secondary N) is 2. The minimum Gasteiger partial charge on any atom is -0.360 e. The van der Waals surface area contributed by atoms with E-state index in [-0.39, 0.29) is 6.04 Å². The average Bonchev–Trinajstić information content (AvgIpc) is 3.15. The Morgan fingerprint density at radius 1 is 1.07 bits per heavy atom. The van der Waals surface area contributed by atoms with Gasteiger partial charge in [0.2, 0.25) is 0 Å². The molecule has 2 aromatic carbocycles. The first-order valence-corrected chi connectivity index (χ1v) is 10.5. The molecule has 1 aliphatic rings. The highest BCUT2D eigenvalue weighted by molar-refractivity contribution is 7.99. The summed E-state index contributed by atoms with van der Waals surface area (Å²) in [4.78, 5) is 17.2. The number of hydrogen-bond donors (Lipinski definition) is 2. The number of fused-ring (bicyclic) bond motifs is 1. The summed E-state index contributed by atoms with van der Waals surface area (Å²) in [6.45, 7) is 0.769. The summed E-state index contributed by atoms with van der Waals surface area (Å²) >= 11 is 1.83. The van der Waals surface area contributed by atoms with Gasteiger partial charge in [-0.25, -0.2) is 0 Å². The first-order chi connectivity index (χ1) is 13.3. The van der Waals surface area contributed by atoms with Crippen LogP contribution in [0.1, 0.15) is 24.8 Å². The fourth-order valence-electron chi connectivity index (χ4n) is 3.58. The van der Waals surface area contributed by atoms with Crippen molar-refractivity contribution in [2.45, 2.75) is 30.2 Å². The van der Waals surface area contributed by atoms with Crippen LogP contribution in [-0.2, 0) is 4.79 Å². The van der Waals surface area contributed by atoms with Gasteiger partial charge in [-0.1, -0.05) is 54.6 Å². The fraction of sp³-hybridized carbons (Fsp3) is 0.261. The minimum atomic E-state index is -0.0525. The van der Waals surface area contributed by atoms with Crippen molar-refractivity contribution in [2.24, 2.45) is 0 Å². The number of hydrogen-bond acceptors (Lipinski definition) is 3. The number of carbonyl (C=O) groups is 1. The van der Waals surface area contributed by atoms with Crippen molar-refractivity contribution in [3.05, 3.63) is 72.4 Å². The first-order valence-electron chi connectivity index (χ1n) is 9.51. The van der Waals surface area contributed by atoms with Gasteiger partial charge in [-0.05, 0) is 35.8 Å². The monoisotopic (exact) mass is 376 g/mol. The third kappa shape index (κ3) is 4.34. The standard InChI is InChI=1S/C23H24N2OS/c26-22(21-15-18(12-13-24-21)17-7-2-1-3-8-17)11-6-14-27-23-16-25-20-10-5-4-9-19(20)23/h1-5,7-10,12,16,21,24-25H,6,11,13-15H2. The van der Waals surface area contributed by atoms with Crippen LogP contribution in [0.5, 0.6) is 0 Å². The lowest BCUT2D eigenvalue weighted by molar-refractivity contribution is -0.121. The lowest BCUT2D eigenvalue weighted by Crippen LogP contribution is -2.39. The molecule has 27 heavy (non-hydrogen) atoms. The summed E-state index contributed by atoms with van der Waals surface area (Å²) in [5.41, 5.74) is 3.68. The summed E-state index contributed by atoms with van der Waals surface area (Å²) in [6.07, 6.45) is 6.60. The van der Waals surface area contributed by atoms with Crippen LogP contribution in [-0.4, -0.2) is 29.1 Å². The summed E-state index contributed by atoms with van der Waals surface area (Å²) in [5.74, 6) is 1.29. The number of Topliss-reactive ketones (excluding diaryl/α,β-unsaturated/α-hetero) is 1. The quantitative estimate of drug-likeness (QED) is 0.448. The lowest BCUT2D eigenvalue weighted by atomic mass is 9.92. The predicted molar refractivity (Wildman–Crippen MR) is 114 cm³/mol. The van der Waals surface area contributed by atoms with Gasteiger partial charge in [0, 0.05) is 35.0 Å². The highest BCUT2D eigenvalue weighted by atomic mass is 32.2. The van der Waals surface area contributed by atoms with E-state index in [1.54, 1.807) is 0 Å². The predicted octanol–water partition coefficient (Wildman–Crippen LogP) is 5.05. The number of para-hydroxylation sites is 1. The number of thioether (sulfide) groups is 1. The van der Waals surface area contributed by atoms with E-state index in [0.29, 0.717) is 12.2 Å². The Hall–Kier alpha value is -2.30. The van der Waals surface area contributed by atoms with Crippen LogP contribution in [0.15, 0.2) is 71.8 Å². The highest BCUT2D eigenvalue weighted by Crippen LogP contribution is 2.28. The summed E-state index contributed by atoms with van der Waals surface area (Å²) in [7, 11) is 0. The van der Waals surface area contributed by atoms with Gasteiger partial charge >= 0.3 is 0 Å². The van der Waals surface area contributed by atoms with Crippen molar-refractivity contribution in [1.82, 2.24) is 10.3 Å². The first kappa shape index (κ1) is 18.1. The second kappa shape index (κ2) is 8.59. The second-order valence-corrected chi connectivity index (χ2v) is 8.01. The van der Waals surface area contributed by atoms with Gasteiger partial charge < -0.3 is 10.3 Å². The van der Waals surface area contributed by atoms with Crippen LogP contribution < -0.4 is 5.32 Å². The molecule has 2 heterocycles. The van der Waals surface area contributed by atoms with Gasteiger partial charge in [0.1, 0.15) is 5.78 Å². The Morgan fingerprint density at radius 2 is 1.89 bits per heavy atom. The molecule has 4 rings (SSSR count). The molecule has 1 unspecified atom stereocenters. The number of ketones is 1. The molecule has 2 N–H and O–H groups in total. The Kier molecular flexibility index (Phi) is 5.75. The van der Waals surface area contributed by atoms with Crippen molar-refractivity contribution >= 4 is 34.0 Å². The van der Waals surface area contributed by atoms with E-state index < -0.39 is 0 Å². The van der Waals surface area contributed by atoms with Gasteiger partial charge in [-0.3, -0.25) is 4.79 Å². The number of rotatable bonds is 7. The highest BCUT2D eigenvalue weighted by Gasteiger charge is 2.22. The number of aromatic nitrogens is 1. The number of benzene rings is 2. The Morgan fingerprint density at radius 3 is 2.78 bits per heavy atom. The van der Waals surface area contributed by atoms with E-state index in [9.17, 15) is 4.79 Å². The number of carbonyl (C=O) groups excluding carboxylic acids is 1. The molecular weight excluding hydrogens is 352 g/mol. The molecule has 1 atom stereocenters. The molecule has 3 aromatic rings. The van der Waals surface area contributed by atoms with E-state index in [1.807, 2.05) is 23.9 Å². The van der Waals surface area contributed by atoms with Gasteiger partial charge in [-0.2, -0.15) is 0 Å². The molecule has 0 saturated carbocycles. The maximum atomic E-state index is 12.6. The molecule has 0 spiro atoms. The van der Waals surface area contributed by atoms with Crippen molar-refractivity contribution in [2.75, 3.05) is 12.3 Å². The molecule has 3 nitrogen and oxygen atoms in total. The maximum absolute atomic E-state index is 12.6. The van der Waals surface area contributed by atoms with Gasteiger partial charge in [0.25, 0.3) is 0 Å². The number of aromatic amines is 1. The van der Waals surface area contributed by atoms with E-state index in [4.69, 9.17) is 0 Å². The Balaban J connectivity index is 1.27. The van der Waals surface area contributed by atoms with Crippen LogP contribution >= 0.6 is 11.8 Å². The van der Waals surface area contributed by atoms with Crippen LogP contribution in [0.3, 0.4) is 0 Å². The van der Waals surface area contributed by atoms with Crippen LogP contribution in [0.2, 0.25) is 0 Å². The largest absolute Gasteiger partial charge is 0.360 e. The zero-order chi connectivity index (χ0) is 18.5. The molecular formula is C23H24N2OS. The van der Waals surface area contributed by atoms with E-state index in [1.165, 1.54) is 26.9 Å². The second-order valence-electron chi connectivity index (χ2n) is 6.88. The molecule has 0 bridgehead atoms. The van der Waals surface area contributed by atoms with Crippen molar-refractivity contribution in [3.63, 3.8) is 0 Å². The van der Waals surface area contributed by atoms with Crippen molar-refractivity contribution < 1.29 is 4.79 Å². The van der Waals surface area contributed by atoms with Crippen LogP contribution in [0.4, 0.5) is 0 Å². The zero-order valence-corrected chi connectivity index (χ0v) is 16.1. The van der Waals surface area contributed by atoms with E-state index in [2.05, 4.69) is 65.0 Å². The normalized spacial score (nSPS) is 17.0. The van der Waals surface area contributed by atoms with Gasteiger partial charge in [-0.15, -0.1) is 11.8 Å². The smallest absolute Gasteiger partial charge is 0.150 e. The molecule has 0 amide bonds. The summed E-state index contributed by atoms with van der Waals surface area (Å²) in [5, 5.41) is 4.62. The van der Waals surface area contributed by atoms with Gasteiger partial charge in [0.15, 0.2) is 0 Å². The maximum Gasteiger partial charge on any atom is 0.150 e. The number of H-pyrrole nitrogens is 1. The molecule has 138 valence electrons. The minimum absolute atomic E-state index is 0.0525. The molecule has 0 saturated heterocycles. The van der Waals surface area contributed by atoms with Crippen molar-refractivity contribution in [1.29, 1.82) is 0 Å². The molecule has 0 fully saturated rings. The van der Waals surface area contributed by atoms with E-state index >= 15 is 0 Å². The van der Waals surface area contributed by atoms with Crippen LogP contribution in [0.25, 0.3) is 16.5 Å². The van der Waals surface area contributed by atoms with Crippen molar-refractivity contribution in [3.8, 4) is 0 Å². The molecule has 4 heteroatoms. The summed E-state index contributed by atoms with van der Waals surface area (Å²) < 4.78 is 0. The average molecular weight is 377 g/mol. The molecule has 0 radical (unpaired) electrons. The third-order valence-electron chi connectivity index (χ3n) is 5.05. The van der Waals surface area contributed by atoms with E-state index in [0.717, 1.165) is 25.1 Å². The van der Waals surface area contributed by atoms with Gasteiger partial charge in [0.05, 0.1) is 6.04 Å². The molecule has 1 aromatic heterocycles. The zero-order valence-electron chi connectivity index (χ0n) is 15.3. The fourth-order valence-corrected chi connectivity index (χ4v) is 4.57. The van der Waals surface area contributed by atoms with Crippen LogP contribution in [0, 0.1) is 0 Å². The topological polar surface area (TPSA) is 44.9 Å². The Labute approximate surface area is 164 Å². The SMILES string of the molecule is O=C(CCCSc1c[nH]c2ccccc12)C1CC(c2ccccc2)=CCN1.